The van der Waals surface area contributed by atoms with Gasteiger partial charge in [0.1, 0.15) is 5.82 Å². The second-order valence-electron chi connectivity index (χ2n) is 8.55. The fraction of sp³-hybridized carbons (Fsp3) is 0.750. The highest BCUT2D eigenvalue weighted by molar-refractivity contribution is 14.0. The first kappa shape index (κ1) is 27.1. The van der Waals surface area contributed by atoms with Crippen molar-refractivity contribution in [1.82, 2.24) is 20.5 Å². The number of aromatic nitrogens is 1. The number of hydrogen-bond acceptors (Lipinski definition) is 5. The normalized spacial score (nSPS) is 18.3. The summed E-state index contributed by atoms with van der Waals surface area (Å²) in [5, 5.41) is 6.76. The fourth-order valence-electron chi connectivity index (χ4n) is 4.26. The van der Waals surface area contributed by atoms with Crippen LogP contribution in [0, 0.1) is 0 Å². The van der Waals surface area contributed by atoms with Crippen LogP contribution in [0.15, 0.2) is 23.3 Å². The van der Waals surface area contributed by atoms with E-state index in [2.05, 4.69) is 51.4 Å². The minimum atomic E-state index is 0. The highest BCUT2D eigenvalue weighted by Crippen LogP contribution is 2.20. The van der Waals surface area contributed by atoms with Gasteiger partial charge >= 0.3 is 0 Å². The Morgan fingerprint density at radius 3 is 2.53 bits per heavy atom. The third kappa shape index (κ3) is 9.39. The summed E-state index contributed by atoms with van der Waals surface area (Å²) in [7, 11) is 0. The minimum absolute atomic E-state index is 0. The lowest BCUT2D eigenvalue weighted by Crippen LogP contribution is -2.46. The zero-order chi connectivity index (χ0) is 21.7. The van der Waals surface area contributed by atoms with Crippen molar-refractivity contribution in [2.45, 2.75) is 65.0 Å². The van der Waals surface area contributed by atoms with Gasteiger partial charge in [-0.3, -0.25) is 0 Å². The molecule has 1 aromatic rings. The van der Waals surface area contributed by atoms with Crippen molar-refractivity contribution in [2.24, 2.45) is 4.99 Å². The number of hydrogen-bond donors (Lipinski definition) is 2. The highest BCUT2D eigenvalue weighted by atomic mass is 127. The van der Waals surface area contributed by atoms with Gasteiger partial charge in [-0.05, 0) is 44.4 Å². The lowest BCUT2D eigenvalue weighted by atomic mass is 9.98. The molecule has 2 heterocycles. The van der Waals surface area contributed by atoms with Gasteiger partial charge in [-0.15, -0.1) is 24.0 Å². The molecule has 1 aromatic heterocycles. The molecule has 0 atom stereocenters. The van der Waals surface area contributed by atoms with Gasteiger partial charge in [-0.2, -0.15) is 0 Å². The monoisotopic (exact) mass is 558 g/mol. The van der Waals surface area contributed by atoms with Crippen LogP contribution in [0.4, 0.5) is 5.82 Å². The Morgan fingerprint density at radius 2 is 1.88 bits per heavy atom. The maximum absolute atomic E-state index is 6.01. The summed E-state index contributed by atoms with van der Waals surface area (Å²) in [6.07, 6.45) is 9.95. The van der Waals surface area contributed by atoms with E-state index in [0.717, 1.165) is 76.2 Å². The molecule has 0 radical (unpaired) electrons. The molecule has 2 N–H and O–H groups in total. The molecule has 0 bridgehead atoms. The Kier molecular flexibility index (Phi) is 13.3. The summed E-state index contributed by atoms with van der Waals surface area (Å²) in [4.78, 5) is 14.3. The van der Waals surface area contributed by atoms with Crippen LogP contribution >= 0.6 is 24.0 Å². The molecular weight excluding hydrogens is 515 g/mol. The molecule has 1 saturated heterocycles. The van der Waals surface area contributed by atoms with E-state index in [1.165, 1.54) is 32.1 Å². The zero-order valence-electron chi connectivity index (χ0n) is 20.0. The molecule has 1 aliphatic heterocycles. The molecule has 0 aromatic carbocycles. The van der Waals surface area contributed by atoms with Gasteiger partial charge in [-0.25, -0.2) is 9.98 Å². The predicted molar refractivity (Wildman–Crippen MR) is 144 cm³/mol. The van der Waals surface area contributed by atoms with Gasteiger partial charge in [0.15, 0.2) is 5.96 Å². The van der Waals surface area contributed by atoms with Gasteiger partial charge < -0.3 is 25.2 Å². The number of pyridine rings is 1. The molecule has 8 heteroatoms. The Balaban J connectivity index is 0.00000363. The topological polar surface area (TPSA) is 65.0 Å². The van der Waals surface area contributed by atoms with Crippen molar-refractivity contribution in [2.75, 3.05) is 57.3 Å². The Morgan fingerprint density at radius 1 is 1.09 bits per heavy atom. The standard InChI is InChI=1S/C24H42N6O.HI/c1-3-25-24(26-13-8-18-31-22-9-6-5-7-10-22)28-20-21-11-12-23(27-19-21)30-16-14-29(4-2)15-17-30;/h11-12,19,22H,3-10,13-18,20H2,1-2H3,(H2,25,26,28);1H. The van der Waals surface area contributed by atoms with E-state index in [4.69, 9.17) is 9.73 Å². The summed E-state index contributed by atoms with van der Waals surface area (Å²) in [5.74, 6) is 1.94. The predicted octanol–water partition coefficient (Wildman–Crippen LogP) is 3.64. The van der Waals surface area contributed by atoms with Crippen LogP contribution < -0.4 is 15.5 Å². The van der Waals surface area contributed by atoms with Crippen LogP contribution in [0.1, 0.15) is 57.9 Å². The van der Waals surface area contributed by atoms with E-state index in [1.54, 1.807) is 0 Å². The summed E-state index contributed by atoms with van der Waals surface area (Å²) in [6.45, 7) is 13.0. The average molecular weight is 559 g/mol. The van der Waals surface area contributed by atoms with E-state index < -0.39 is 0 Å². The number of anilines is 1. The zero-order valence-corrected chi connectivity index (χ0v) is 22.4. The van der Waals surface area contributed by atoms with E-state index in [9.17, 15) is 0 Å². The maximum Gasteiger partial charge on any atom is 0.191 e. The van der Waals surface area contributed by atoms with E-state index in [-0.39, 0.29) is 24.0 Å². The molecule has 7 nitrogen and oxygen atoms in total. The van der Waals surface area contributed by atoms with Crippen LogP contribution in [0.5, 0.6) is 0 Å². The number of piperazine rings is 1. The number of ether oxygens (including phenoxy) is 1. The van der Waals surface area contributed by atoms with Crippen molar-refractivity contribution in [3.05, 3.63) is 23.9 Å². The van der Waals surface area contributed by atoms with Crippen LogP contribution in [0.3, 0.4) is 0 Å². The second kappa shape index (κ2) is 15.7. The summed E-state index contributed by atoms with van der Waals surface area (Å²) in [5.41, 5.74) is 1.13. The third-order valence-electron chi connectivity index (χ3n) is 6.24. The molecule has 32 heavy (non-hydrogen) atoms. The fourth-order valence-corrected chi connectivity index (χ4v) is 4.26. The Bertz CT molecular complexity index is 642. The van der Waals surface area contributed by atoms with Crippen molar-refractivity contribution >= 4 is 35.8 Å². The second-order valence-corrected chi connectivity index (χ2v) is 8.55. The number of nitrogens with zero attached hydrogens (tertiary/aromatic N) is 4. The molecule has 1 saturated carbocycles. The van der Waals surface area contributed by atoms with E-state index in [1.807, 2.05) is 6.20 Å². The van der Waals surface area contributed by atoms with Gasteiger partial charge in [0.2, 0.25) is 0 Å². The first-order chi connectivity index (χ1) is 15.3. The molecule has 0 spiro atoms. The molecule has 182 valence electrons. The SMILES string of the molecule is CCNC(=NCc1ccc(N2CCN(CC)CC2)nc1)NCCCOC1CCCCC1.I. The van der Waals surface area contributed by atoms with E-state index in [0.29, 0.717) is 12.6 Å². The average Bonchev–Trinajstić information content (AvgIpc) is 2.83. The van der Waals surface area contributed by atoms with Crippen molar-refractivity contribution in [1.29, 1.82) is 0 Å². The summed E-state index contributed by atoms with van der Waals surface area (Å²) >= 11 is 0. The van der Waals surface area contributed by atoms with Gasteiger partial charge in [0.25, 0.3) is 0 Å². The molecule has 0 unspecified atom stereocenters. The van der Waals surface area contributed by atoms with Crippen molar-refractivity contribution in [3.63, 3.8) is 0 Å². The van der Waals surface area contributed by atoms with Crippen LogP contribution in [-0.2, 0) is 11.3 Å². The molecule has 1 aliphatic carbocycles. The number of aliphatic imine (C=N–C) groups is 1. The molecular formula is C24H43IN6O. The van der Waals surface area contributed by atoms with E-state index >= 15 is 0 Å². The third-order valence-corrected chi connectivity index (χ3v) is 6.24. The molecule has 3 rings (SSSR count). The van der Waals surface area contributed by atoms with Crippen LogP contribution in [0.25, 0.3) is 0 Å². The van der Waals surface area contributed by atoms with Crippen LogP contribution in [-0.4, -0.2) is 74.4 Å². The maximum atomic E-state index is 6.01. The highest BCUT2D eigenvalue weighted by Gasteiger charge is 2.16. The summed E-state index contributed by atoms with van der Waals surface area (Å²) < 4.78 is 6.01. The Hall–Kier alpha value is -1.13. The molecule has 2 fully saturated rings. The van der Waals surface area contributed by atoms with Crippen molar-refractivity contribution < 1.29 is 4.74 Å². The molecule has 0 amide bonds. The molecule has 2 aliphatic rings. The summed E-state index contributed by atoms with van der Waals surface area (Å²) in [6, 6.07) is 4.29. The van der Waals surface area contributed by atoms with Crippen LogP contribution in [0.2, 0.25) is 0 Å². The number of rotatable bonds is 10. The van der Waals surface area contributed by atoms with Gasteiger partial charge in [0, 0.05) is 52.1 Å². The lowest BCUT2D eigenvalue weighted by Gasteiger charge is -2.34. The quantitative estimate of drug-likeness (QED) is 0.198. The number of halogens is 1. The lowest BCUT2D eigenvalue weighted by molar-refractivity contribution is 0.0277. The number of guanidine groups is 1. The Labute approximate surface area is 211 Å². The smallest absolute Gasteiger partial charge is 0.191 e. The minimum Gasteiger partial charge on any atom is -0.378 e. The van der Waals surface area contributed by atoms with Gasteiger partial charge in [0.05, 0.1) is 12.6 Å². The number of nitrogens with one attached hydrogen (secondary N) is 2. The first-order valence-corrected chi connectivity index (χ1v) is 12.3. The van der Waals surface area contributed by atoms with Crippen molar-refractivity contribution in [3.8, 4) is 0 Å². The largest absolute Gasteiger partial charge is 0.378 e. The first-order valence-electron chi connectivity index (χ1n) is 12.3. The van der Waals surface area contributed by atoms with Gasteiger partial charge in [-0.1, -0.05) is 32.3 Å². The number of likely N-dealkylation sites (N-methyl/N-ethyl adjacent to an activating group) is 1.